The van der Waals surface area contributed by atoms with Gasteiger partial charge in [0.25, 0.3) is 0 Å². The van der Waals surface area contributed by atoms with Gasteiger partial charge in [0.05, 0.1) is 23.9 Å². The van der Waals surface area contributed by atoms with Crippen molar-refractivity contribution < 1.29 is 4.39 Å². The number of alkyl halides is 1. The molecule has 0 aliphatic carbocycles. The molecule has 16 heavy (non-hydrogen) atoms. The van der Waals surface area contributed by atoms with Crippen molar-refractivity contribution in [2.45, 2.75) is 18.8 Å². The Kier molecular flexibility index (Phi) is 3.25. The van der Waals surface area contributed by atoms with Gasteiger partial charge in [-0.2, -0.15) is 0 Å². The summed E-state index contributed by atoms with van der Waals surface area (Å²) >= 11 is 5.81. The van der Waals surface area contributed by atoms with Gasteiger partial charge in [0, 0.05) is 6.20 Å². The van der Waals surface area contributed by atoms with Crippen LogP contribution in [0.15, 0.2) is 36.8 Å². The molecule has 1 aromatic heterocycles. The number of hydrogen-bond acceptors (Lipinski definition) is 1. The number of nitrogens with zero attached hydrogens (tertiary/aromatic N) is 2. The third-order valence-electron chi connectivity index (χ3n) is 2.65. The van der Waals surface area contributed by atoms with E-state index >= 15 is 0 Å². The summed E-state index contributed by atoms with van der Waals surface area (Å²) in [5, 5.41) is 0. The highest BCUT2D eigenvalue weighted by Gasteiger charge is 2.10. The summed E-state index contributed by atoms with van der Waals surface area (Å²) < 4.78 is 14.8. The van der Waals surface area contributed by atoms with Gasteiger partial charge >= 0.3 is 0 Å². The molecule has 0 aliphatic rings. The molecule has 2 nitrogen and oxygen atoms in total. The van der Waals surface area contributed by atoms with Crippen LogP contribution in [0.25, 0.3) is 0 Å². The standard InChI is InChI=1S/C12H12ClFN2/c1-9(10-2-4-11(14)5-3-10)16-8-15-7-12(16)6-13/h2-5,7-9H,6H2,1H3/t9-/m1/s1. The predicted octanol–water partition coefficient (Wildman–Crippen LogP) is 3.37. The molecule has 0 saturated heterocycles. The van der Waals surface area contributed by atoms with Crippen LogP contribution < -0.4 is 0 Å². The number of rotatable bonds is 3. The third kappa shape index (κ3) is 2.09. The van der Waals surface area contributed by atoms with E-state index in [0.717, 1.165) is 11.3 Å². The second-order valence-electron chi connectivity index (χ2n) is 3.65. The minimum atomic E-state index is -0.223. The van der Waals surface area contributed by atoms with Crippen LogP contribution in [0.1, 0.15) is 24.2 Å². The molecule has 1 heterocycles. The summed E-state index contributed by atoms with van der Waals surface area (Å²) in [5.74, 6) is 0.199. The van der Waals surface area contributed by atoms with Crippen molar-refractivity contribution in [1.82, 2.24) is 9.55 Å². The molecule has 0 aliphatic heterocycles. The van der Waals surface area contributed by atoms with E-state index in [1.165, 1.54) is 12.1 Å². The average molecular weight is 239 g/mol. The van der Waals surface area contributed by atoms with Gasteiger partial charge in [-0.3, -0.25) is 0 Å². The van der Waals surface area contributed by atoms with Crippen LogP contribution in [0.3, 0.4) is 0 Å². The zero-order valence-electron chi connectivity index (χ0n) is 8.90. The molecule has 84 valence electrons. The number of halogens is 2. The molecule has 0 radical (unpaired) electrons. The Bertz CT molecular complexity index is 464. The van der Waals surface area contributed by atoms with Crippen LogP contribution in [0.2, 0.25) is 0 Å². The van der Waals surface area contributed by atoms with Gasteiger partial charge in [0.15, 0.2) is 0 Å². The smallest absolute Gasteiger partial charge is 0.123 e. The normalized spacial score (nSPS) is 12.7. The van der Waals surface area contributed by atoms with Crippen LogP contribution in [0.4, 0.5) is 4.39 Å². The van der Waals surface area contributed by atoms with E-state index in [-0.39, 0.29) is 11.9 Å². The SMILES string of the molecule is C[C@H](c1ccc(F)cc1)n1cncc1CCl. The van der Waals surface area contributed by atoms with Gasteiger partial charge in [-0.05, 0) is 24.6 Å². The summed E-state index contributed by atoms with van der Waals surface area (Å²) in [5.41, 5.74) is 1.99. The van der Waals surface area contributed by atoms with Gasteiger partial charge in [0.1, 0.15) is 5.82 Å². The lowest BCUT2D eigenvalue weighted by Gasteiger charge is -2.16. The Hall–Kier alpha value is -1.35. The number of aromatic nitrogens is 2. The van der Waals surface area contributed by atoms with E-state index in [1.54, 1.807) is 24.7 Å². The van der Waals surface area contributed by atoms with Gasteiger partial charge in [0.2, 0.25) is 0 Å². The molecule has 0 bridgehead atoms. The van der Waals surface area contributed by atoms with Gasteiger partial charge < -0.3 is 4.57 Å². The van der Waals surface area contributed by atoms with Gasteiger partial charge in [-0.1, -0.05) is 12.1 Å². The lowest BCUT2D eigenvalue weighted by atomic mass is 10.1. The number of hydrogen-bond donors (Lipinski definition) is 0. The molecule has 1 atom stereocenters. The lowest BCUT2D eigenvalue weighted by molar-refractivity contribution is 0.607. The van der Waals surface area contributed by atoms with Crippen LogP contribution >= 0.6 is 11.6 Å². The Morgan fingerprint density at radius 2 is 2.06 bits per heavy atom. The molecule has 2 rings (SSSR count). The summed E-state index contributed by atoms with van der Waals surface area (Å²) in [6, 6.07) is 6.58. The van der Waals surface area contributed by atoms with Crippen LogP contribution in [0.5, 0.6) is 0 Å². The first-order chi connectivity index (χ1) is 7.72. The van der Waals surface area contributed by atoms with Crippen molar-refractivity contribution in [2.75, 3.05) is 0 Å². The summed E-state index contributed by atoms with van der Waals surface area (Å²) in [6.07, 6.45) is 3.48. The highest BCUT2D eigenvalue weighted by atomic mass is 35.5. The van der Waals surface area contributed by atoms with E-state index in [2.05, 4.69) is 4.98 Å². The van der Waals surface area contributed by atoms with Crippen molar-refractivity contribution in [3.05, 3.63) is 53.9 Å². The largest absolute Gasteiger partial charge is 0.326 e. The zero-order chi connectivity index (χ0) is 11.5. The molecule has 0 amide bonds. The topological polar surface area (TPSA) is 17.8 Å². The second-order valence-corrected chi connectivity index (χ2v) is 3.92. The monoisotopic (exact) mass is 238 g/mol. The molecule has 0 N–H and O–H groups in total. The first kappa shape index (κ1) is 11.1. The molecule has 0 fully saturated rings. The first-order valence-electron chi connectivity index (χ1n) is 5.04. The fourth-order valence-corrected chi connectivity index (χ4v) is 1.89. The quantitative estimate of drug-likeness (QED) is 0.750. The van der Waals surface area contributed by atoms with Crippen LogP contribution in [0, 0.1) is 5.82 Å². The molecular weight excluding hydrogens is 227 g/mol. The first-order valence-corrected chi connectivity index (χ1v) is 5.58. The molecule has 0 unspecified atom stereocenters. The molecule has 0 saturated carbocycles. The molecular formula is C12H12ClFN2. The Morgan fingerprint density at radius 1 is 1.38 bits per heavy atom. The van der Waals surface area contributed by atoms with E-state index in [9.17, 15) is 4.39 Å². The third-order valence-corrected chi connectivity index (χ3v) is 2.93. The summed E-state index contributed by atoms with van der Waals surface area (Å²) in [4.78, 5) is 4.06. The molecule has 4 heteroatoms. The van der Waals surface area contributed by atoms with Crippen LogP contribution in [-0.2, 0) is 5.88 Å². The van der Waals surface area contributed by atoms with Crippen molar-refractivity contribution in [2.24, 2.45) is 0 Å². The minimum Gasteiger partial charge on any atom is -0.326 e. The average Bonchev–Trinajstić information content (AvgIpc) is 2.77. The van der Waals surface area contributed by atoms with E-state index in [0.29, 0.717) is 5.88 Å². The van der Waals surface area contributed by atoms with Crippen molar-refractivity contribution in [3.8, 4) is 0 Å². The van der Waals surface area contributed by atoms with E-state index in [4.69, 9.17) is 11.6 Å². The summed E-state index contributed by atoms with van der Waals surface area (Å²) in [7, 11) is 0. The van der Waals surface area contributed by atoms with Crippen LogP contribution in [-0.4, -0.2) is 9.55 Å². The van der Waals surface area contributed by atoms with Crippen molar-refractivity contribution in [1.29, 1.82) is 0 Å². The van der Waals surface area contributed by atoms with E-state index < -0.39 is 0 Å². The maximum absolute atomic E-state index is 12.8. The Balaban J connectivity index is 2.31. The highest BCUT2D eigenvalue weighted by Crippen LogP contribution is 2.20. The number of imidazole rings is 1. The number of benzene rings is 1. The fourth-order valence-electron chi connectivity index (χ4n) is 1.69. The van der Waals surface area contributed by atoms with Gasteiger partial charge in [-0.15, -0.1) is 11.6 Å². The zero-order valence-corrected chi connectivity index (χ0v) is 9.65. The highest BCUT2D eigenvalue weighted by molar-refractivity contribution is 6.16. The molecule has 1 aromatic carbocycles. The Morgan fingerprint density at radius 3 is 2.69 bits per heavy atom. The molecule has 2 aromatic rings. The summed E-state index contributed by atoms with van der Waals surface area (Å²) in [6.45, 7) is 2.03. The van der Waals surface area contributed by atoms with Crippen molar-refractivity contribution in [3.63, 3.8) is 0 Å². The lowest BCUT2D eigenvalue weighted by Crippen LogP contribution is -2.08. The molecule has 0 spiro atoms. The maximum atomic E-state index is 12.8. The van der Waals surface area contributed by atoms with Gasteiger partial charge in [-0.25, -0.2) is 9.37 Å². The second kappa shape index (κ2) is 4.66. The van der Waals surface area contributed by atoms with E-state index in [1.807, 2.05) is 11.5 Å². The Labute approximate surface area is 98.7 Å². The van der Waals surface area contributed by atoms with Crippen molar-refractivity contribution >= 4 is 11.6 Å². The predicted molar refractivity (Wildman–Crippen MR) is 62.0 cm³/mol. The minimum absolute atomic E-state index is 0.108. The fraction of sp³-hybridized carbons (Fsp3) is 0.250. The maximum Gasteiger partial charge on any atom is 0.123 e.